The summed E-state index contributed by atoms with van der Waals surface area (Å²) in [5.41, 5.74) is 1.32. The van der Waals surface area contributed by atoms with E-state index in [1.54, 1.807) is 36.4 Å². The maximum absolute atomic E-state index is 12.9. The van der Waals surface area contributed by atoms with Crippen LogP contribution in [0.25, 0.3) is 11.0 Å². The predicted molar refractivity (Wildman–Crippen MR) is 113 cm³/mol. The molecule has 0 amide bonds. The van der Waals surface area contributed by atoms with Crippen LogP contribution in [0.2, 0.25) is 0 Å². The van der Waals surface area contributed by atoms with E-state index in [-0.39, 0.29) is 16.8 Å². The van der Waals surface area contributed by atoms with Gasteiger partial charge >= 0.3 is 0 Å². The van der Waals surface area contributed by atoms with Crippen LogP contribution in [-0.2, 0) is 0 Å². The lowest BCUT2D eigenvalue weighted by molar-refractivity contribution is 0.103. The van der Waals surface area contributed by atoms with Crippen molar-refractivity contribution < 1.29 is 13.9 Å². The van der Waals surface area contributed by atoms with Gasteiger partial charge in [-0.3, -0.25) is 9.59 Å². The van der Waals surface area contributed by atoms with E-state index in [4.69, 9.17) is 9.15 Å². The maximum Gasteiger partial charge on any atom is 0.203 e. The molecular weight excluding hydrogens is 366 g/mol. The van der Waals surface area contributed by atoms with Crippen molar-refractivity contribution in [3.63, 3.8) is 0 Å². The molecular formula is C24H19NO4. The number of rotatable bonds is 5. The van der Waals surface area contributed by atoms with Crippen LogP contribution in [0.4, 0.5) is 5.69 Å². The van der Waals surface area contributed by atoms with Crippen molar-refractivity contribution in [1.82, 2.24) is 0 Å². The first kappa shape index (κ1) is 18.5. The molecule has 4 rings (SSSR count). The number of nitrogens with zero attached hydrogens (tertiary/aromatic N) is 1. The largest absolute Gasteiger partial charge is 0.463 e. The van der Waals surface area contributed by atoms with Crippen molar-refractivity contribution in [2.45, 2.75) is 0 Å². The summed E-state index contributed by atoms with van der Waals surface area (Å²) in [6.07, 6.45) is 1.22. The average Bonchev–Trinajstić information content (AvgIpc) is 2.74. The molecule has 3 aromatic carbocycles. The zero-order chi connectivity index (χ0) is 20.4. The Morgan fingerprint density at radius 2 is 1.69 bits per heavy atom. The summed E-state index contributed by atoms with van der Waals surface area (Å²) in [6, 6.07) is 21.4. The smallest absolute Gasteiger partial charge is 0.203 e. The topological polar surface area (TPSA) is 59.8 Å². The van der Waals surface area contributed by atoms with Gasteiger partial charge in [-0.1, -0.05) is 30.3 Å². The first-order chi connectivity index (χ1) is 14.0. The van der Waals surface area contributed by atoms with Crippen LogP contribution in [0.1, 0.15) is 15.9 Å². The van der Waals surface area contributed by atoms with Crippen molar-refractivity contribution in [3.8, 4) is 11.5 Å². The predicted octanol–water partition coefficient (Wildman–Crippen LogP) is 4.88. The molecule has 0 bridgehead atoms. The quantitative estimate of drug-likeness (QED) is 0.458. The fourth-order valence-electron chi connectivity index (χ4n) is 3.03. The van der Waals surface area contributed by atoms with Gasteiger partial charge in [-0.05, 0) is 36.4 Å². The second kappa shape index (κ2) is 7.64. The molecule has 0 unspecified atom stereocenters. The molecule has 0 aliphatic rings. The summed E-state index contributed by atoms with van der Waals surface area (Å²) in [6.45, 7) is 0. The highest BCUT2D eigenvalue weighted by atomic mass is 16.5. The monoisotopic (exact) mass is 385 g/mol. The van der Waals surface area contributed by atoms with Crippen LogP contribution in [-0.4, -0.2) is 19.9 Å². The van der Waals surface area contributed by atoms with E-state index in [9.17, 15) is 9.59 Å². The number of ketones is 1. The van der Waals surface area contributed by atoms with E-state index in [0.29, 0.717) is 28.0 Å². The number of carbonyl (C=O) groups is 1. The second-order valence-corrected chi connectivity index (χ2v) is 6.83. The molecule has 0 saturated carbocycles. The number of hydrogen-bond donors (Lipinski definition) is 0. The summed E-state index contributed by atoms with van der Waals surface area (Å²) in [4.78, 5) is 27.7. The molecule has 144 valence electrons. The Labute approximate surface area is 167 Å². The summed E-state index contributed by atoms with van der Waals surface area (Å²) >= 11 is 0. The first-order valence-corrected chi connectivity index (χ1v) is 9.13. The van der Waals surface area contributed by atoms with Gasteiger partial charge in [0.25, 0.3) is 0 Å². The Morgan fingerprint density at radius 1 is 0.897 bits per heavy atom. The molecule has 5 nitrogen and oxygen atoms in total. The Bertz CT molecular complexity index is 1240. The Balaban J connectivity index is 1.69. The molecule has 0 aliphatic carbocycles. The number of ether oxygens (including phenoxy) is 1. The van der Waals surface area contributed by atoms with Crippen molar-refractivity contribution in [2.75, 3.05) is 19.0 Å². The van der Waals surface area contributed by atoms with Gasteiger partial charge in [0.05, 0.1) is 5.39 Å². The van der Waals surface area contributed by atoms with Gasteiger partial charge in [0.1, 0.15) is 28.9 Å². The molecule has 0 fully saturated rings. The number of anilines is 1. The highest BCUT2D eigenvalue weighted by Crippen LogP contribution is 2.25. The zero-order valence-electron chi connectivity index (χ0n) is 16.1. The first-order valence-electron chi connectivity index (χ1n) is 9.13. The van der Waals surface area contributed by atoms with Gasteiger partial charge in [0.2, 0.25) is 5.43 Å². The summed E-state index contributed by atoms with van der Waals surface area (Å²) in [5.74, 6) is 0.861. The van der Waals surface area contributed by atoms with Crippen molar-refractivity contribution in [2.24, 2.45) is 0 Å². The molecule has 0 spiro atoms. The van der Waals surface area contributed by atoms with Gasteiger partial charge in [-0.25, -0.2) is 0 Å². The summed E-state index contributed by atoms with van der Waals surface area (Å²) < 4.78 is 11.4. The normalized spacial score (nSPS) is 10.7. The number of carbonyl (C=O) groups excluding carboxylic acids is 1. The second-order valence-electron chi connectivity index (χ2n) is 6.83. The van der Waals surface area contributed by atoms with Crippen LogP contribution in [0.3, 0.4) is 0 Å². The molecule has 0 atom stereocenters. The fraction of sp³-hybridized carbons (Fsp3) is 0.0833. The number of hydrogen-bond acceptors (Lipinski definition) is 5. The molecule has 1 heterocycles. The molecule has 0 radical (unpaired) electrons. The summed E-state index contributed by atoms with van der Waals surface area (Å²) in [7, 11) is 3.78. The summed E-state index contributed by atoms with van der Waals surface area (Å²) in [5, 5.41) is 0.333. The van der Waals surface area contributed by atoms with E-state index in [2.05, 4.69) is 0 Å². The molecule has 0 saturated heterocycles. The van der Waals surface area contributed by atoms with Crippen LogP contribution in [0.15, 0.2) is 88.3 Å². The minimum absolute atomic E-state index is 0.00475. The van der Waals surface area contributed by atoms with E-state index < -0.39 is 0 Å². The lowest BCUT2D eigenvalue weighted by Crippen LogP contribution is -2.16. The van der Waals surface area contributed by atoms with Gasteiger partial charge < -0.3 is 14.1 Å². The molecule has 0 aliphatic heterocycles. The molecule has 5 heteroatoms. The standard InChI is InChI=1S/C24H19NO4/c1-25(2)17-8-6-7-16(13-17)23(26)21-15-28-22-14-19(11-12-20(22)24(21)27)29-18-9-4-3-5-10-18/h3-15H,1-2H3. The van der Waals surface area contributed by atoms with Crippen LogP contribution in [0, 0.1) is 0 Å². The molecule has 0 N–H and O–H groups in total. The van der Waals surface area contributed by atoms with E-state index in [1.807, 2.05) is 55.4 Å². The Kier molecular flexibility index (Phi) is 4.87. The SMILES string of the molecule is CN(C)c1cccc(C(=O)c2coc3cc(Oc4ccccc4)ccc3c2=O)c1. The van der Waals surface area contributed by atoms with Crippen molar-refractivity contribution in [1.29, 1.82) is 0 Å². The molecule has 29 heavy (non-hydrogen) atoms. The Hall–Kier alpha value is -3.86. The van der Waals surface area contributed by atoms with Gasteiger partial charge in [-0.2, -0.15) is 0 Å². The van der Waals surface area contributed by atoms with Gasteiger partial charge in [-0.15, -0.1) is 0 Å². The zero-order valence-corrected chi connectivity index (χ0v) is 16.1. The third kappa shape index (κ3) is 3.75. The highest BCUT2D eigenvalue weighted by Gasteiger charge is 2.17. The third-order valence-electron chi connectivity index (χ3n) is 4.59. The minimum Gasteiger partial charge on any atom is -0.463 e. The number of fused-ring (bicyclic) bond motifs is 1. The lowest BCUT2D eigenvalue weighted by atomic mass is 10.0. The third-order valence-corrected chi connectivity index (χ3v) is 4.59. The van der Waals surface area contributed by atoms with Crippen molar-refractivity contribution in [3.05, 3.63) is 100 Å². The maximum atomic E-state index is 12.9. The van der Waals surface area contributed by atoms with E-state index in [1.165, 1.54) is 6.26 Å². The van der Waals surface area contributed by atoms with Crippen LogP contribution < -0.4 is 15.1 Å². The Morgan fingerprint density at radius 3 is 2.45 bits per heavy atom. The van der Waals surface area contributed by atoms with Crippen LogP contribution >= 0.6 is 0 Å². The van der Waals surface area contributed by atoms with Crippen LogP contribution in [0.5, 0.6) is 11.5 Å². The van der Waals surface area contributed by atoms with Gasteiger partial charge in [0, 0.05) is 31.4 Å². The number of para-hydroxylation sites is 1. The van der Waals surface area contributed by atoms with Gasteiger partial charge in [0.15, 0.2) is 5.78 Å². The number of benzene rings is 3. The lowest BCUT2D eigenvalue weighted by Gasteiger charge is -2.13. The fourth-order valence-corrected chi connectivity index (χ4v) is 3.03. The van der Waals surface area contributed by atoms with E-state index >= 15 is 0 Å². The van der Waals surface area contributed by atoms with E-state index in [0.717, 1.165) is 5.69 Å². The highest BCUT2D eigenvalue weighted by molar-refractivity contribution is 6.10. The average molecular weight is 385 g/mol. The molecule has 1 aromatic heterocycles. The van der Waals surface area contributed by atoms with Crippen molar-refractivity contribution >= 4 is 22.4 Å². The minimum atomic E-state index is -0.367. The molecule has 4 aromatic rings.